The molecule has 0 aromatic heterocycles. The zero-order valence-electron chi connectivity index (χ0n) is 7.95. The maximum atomic E-state index is 8.72. The summed E-state index contributed by atoms with van der Waals surface area (Å²) in [5, 5.41) is 8.72. The van der Waals surface area contributed by atoms with Crippen molar-refractivity contribution in [3.8, 4) is 5.75 Å². The highest BCUT2D eigenvalue weighted by Crippen LogP contribution is 2.19. The predicted octanol–water partition coefficient (Wildman–Crippen LogP) is 2.09. The van der Waals surface area contributed by atoms with Gasteiger partial charge in [-0.05, 0) is 30.2 Å². The molecule has 1 N–H and O–H groups in total. The number of benzene rings is 1. The lowest BCUT2D eigenvalue weighted by Gasteiger charge is -2.03. The molecular weight excluding hydrogens is 164 g/mol. The number of aliphatic hydroxyl groups excluding tert-OH is 1. The molecule has 1 aromatic carbocycles. The van der Waals surface area contributed by atoms with Crippen LogP contribution in [0.1, 0.15) is 12.5 Å². The van der Waals surface area contributed by atoms with E-state index in [2.05, 4.69) is 0 Å². The van der Waals surface area contributed by atoms with Gasteiger partial charge in [0.05, 0.1) is 13.7 Å². The van der Waals surface area contributed by atoms with Crippen molar-refractivity contribution in [3.05, 3.63) is 35.9 Å². The summed E-state index contributed by atoms with van der Waals surface area (Å²) in [4.78, 5) is 0. The summed E-state index contributed by atoms with van der Waals surface area (Å²) in [6.45, 7) is 2.04. The summed E-state index contributed by atoms with van der Waals surface area (Å²) in [7, 11) is 1.64. The number of allylic oxidation sites excluding steroid dienone is 1. The van der Waals surface area contributed by atoms with Crippen molar-refractivity contribution < 1.29 is 9.84 Å². The van der Waals surface area contributed by atoms with Gasteiger partial charge in [-0.25, -0.2) is 0 Å². The fourth-order valence-electron chi connectivity index (χ4n) is 1.12. The highest BCUT2D eigenvalue weighted by atomic mass is 16.5. The van der Waals surface area contributed by atoms with Crippen molar-refractivity contribution in [2.75, 3.05) is 13.7 Å². The van der Waals surface area contributed by atoms with E-state index in [1.54, 1.807) is 13.2 Å². The number of hydrogen-bond acceptors (Lipinski definition) is 2. The van der Waals surface area contributed by atoms with Crippen LogP contribution in [0.2, 0.25) is 0 Å². The second-order valence-electron chi connectivity index (χ2n) is 2.80. The minimum absolute atomic E-state index is 0.0725. The number of aliphatic hydroxyl groups is 1. The van der Waals surface area contributed by atoms with E-state index in [4.69, 9.17) is 9.84 Å². The Balaban J connectivity index is 2.94. The van der Waals surface area contributed by atoms with Gasteiger partial charge in [0.25, 0.3) is 0 Å². The van der Waals surface area contributed by atoms with Gasteiger partial charge < -0.3 is 9.84 Å². The molecule has 0 saturated carbocycles. The SMILES string of the molecule is COc1cccc(/C(C)=C\CO)c1. The fourth-order valence-corrected chi connectivity index (χ4v) is 1.12. The van der Waals surface area contributed by atoms with Gasteiger partial charge in [0.1, 0.15) is 5.75 Å². The first-order valence-electron chi connectivity index (χ1n) is 4.20. The zero-order chi connectivity index (χ0) is 9.68. The minimum Gasteiger partial charge on any atom is -0.497 e. The normalized spacial score (nSPS) is 11.5. The molecule has 0 atom stereocenters. The van der Waals surface area contributed by atoms with Gasteiger partial charge in [0.2, 0.25) is 0 Å². The summed E-state index contributed by atoms with van der Waals surface area (Å²) in [6.07, 6.45) is 1.77. The number of methoxy groups -OCH3 is 1. The van der Waals surface area contributed by atoms with Gasteiger partial charge in [0.15, 0.2) is 0 Å². The highest BCUT2D eigenvalue weighted by Gasteiger charge is 1.96. The monoisotopic (exact) mass is 178 g/mol. The molecule has 0 bridgehead atoms. The smallest absolute Gasteiger partial charge is 0.119 e. The zero-order valence-corrected chi connectivity index (χ0v) is 7.95. The quantitative estimate of drug-likeness (QED) is 0.768. The molecule has 2 nitrogen and oxygen atoms in total. The summed E-state index contributed by atoms with van der Waals surface area (Å²) in [5.41, 5.74) is 2.13. The van der Waals surface area contributed by atoms with Crippen molar-refractivity contribution in [1.82, 2.24) is 0 Å². The molecule has 2 heteroatoms. The molecule has 0 aliphatic carbocycles. The largest absolute Gasteiger partial charge is 0.497 e. The van der Waals surface area contributed by atoms with Crippen molar-refractivity contribution in [3.63, 3.8) is 0 Å². The van der Waals surface area contributed by atoms with E-state index in [1.165, 1.54) is 0 Å². The Kier molecular flexibility index (Phi) is 3.53. The first kappa shape index (κ1) is 9.81. The van der Waals surface area contributed by atoms with Gasteiger partial charge >= 0.3 is 0 Å². The third-order valence-electron chi connectivity index (χ3n) is 1.92. The van der Waals surface area contributed by atoms with Crippen LogP contribution in [0.4, 0.5) is 0 Å². The summed E-state index contributed by atoms with van der Waals surface area (Å²) >= 11 is 0. The Morgan fingerprint density at radius 1 is 1.54 bits per heavy atom. The Labute approximate surface area is 78.5 Å². The van der Waals surface area contributed by atoms with Crippen LogP contribution < -0.4 is 4.74 Å². The fraction of sp³-hybridized carbons (Fsp3) is 0.273. The maximum Gasteiger partial charge on any atom is 0.119 e. The molecule has 0 aliphatic rings. The van der Waals surface area contributed by atoms with Crippen molar-refractivity contribution >= 4 is 5.57 Å². The molecule has 0 heterocycles. The van der Waals surface area contributed by atoms with E-state index in [-0.39, 0.29) is 6.61 Å². The molecule has 13 heavy (non-hydrogen) atoms. The lowest BCUT2D eigenvalue weighted by Crippen LogP contribution is -1.86. The third kappa shape index (κ3) is 2.60. The van der Waals surface area contributed by atoms with Crippen molar-refractivity contribution in [1.29, 1.82) is 0 Å². The topological polar surface area (TPSA) is 29.5 Å². The van der Waals surface area contributed by atoms with Crippen LogP contribution in [-0.2, 0) is 0 Å². The molecule has 0 amide bonds. The molecule has 0 saturated heterocycles. The van der Waals surface area contributed by atoms with Crippen LogP contribution in [0.5, 0.6) is 5.75 Å². The van der Waals surface area contributed by atoms with Crippen LogP contribution in [0.3, 0.4) is 0 Å². The van der Waals surface area contributed by atoms with Crippen LogP contribution in [0, 0.1) is 0 Å². The Bertz CT molecular complexity index is 303. The molecule has 0 aliphatic heterocycles. The van der Waals surface area contributed by atoms with Crippen molar-refractivity contribution in [2.45, 2.75) is 6.92 Å². The van der Waals surface area contributed by atoms with Gasteiger partial charge in [-0.3, -0.25) is 0 Å². The number of rotatable bonds is 3. The Morgan fingerprint density at radius 3 is 2.92 bits per heavy atom. The molecule has 1 rings (SSSR count). The summed E-state index contributed by atoms with van der Waals surface area (Å²) < 4.78 is 5.09. The lowest BCUT2D eigenvalue weighted by molar-refractivity contribution is 0.343. The minimum atomic E-state index is 0.0725. The van der Waals surface area contributed by atoms with Gasteiger partial charge in [0, 0.05) is 0 Å². The maximum absolute atomic E-state index is 8.72. The van der Waals surface area contributed by atoms with E-state index in [0.29, 0.717) is 0 Å². The molecule has 70 valence electrons. The average Bonchev–Trinajstić information content (AvgIpc) is 2.18. The van der Waals surface area contributed by atoms with E-state index >= 15 is 0 Å². The standard InChI is InChI=1S/C11H14O2/c1-9(6-7-12)10-4-3-5-11(8-10)13-2/h3-6,8,12H,7H2,1-2H3/b9-6-. The first-order chi connectivity index (χ1) is 6.27. The summed E-state index contributed by atoms with van der Waals surface area (Å²) in [5.74, 6) is 0.836. The average molecular weight is 178 g/mol. The highest BCUT2D eigenvalue weighted by molar-refractivity contribution is 5.64. The van der Waals surface area contributed by atoms with Gasteiger partial charge in [-0.2, -0.15) is 0 Å². The van der Waals surface area contributed by atoms with Gasteiger partial charge in [-0.15, -0.1) is 0 Å². The molecule has 1 aromatic rings. The second-order valence-corrected chi connectivity index (χ2v) is 2.80. The Morgan fingerprint density at radius 2 is 2.31 bits per heavy atom. The van der Waals surface area contributed by atoms with E-state index in [0.717, 1.165) is 16.9 Å². The van der Waals surface area contributed by atoms with E-state index in [9.17, 15) is 0 Å². The molecular formula is C11H14O2. The molecule has 0 spiro atoms. The number of ether oxygens (including phenoxy) is 1. The molecule has 0 radical (unpaired) electrons. The number of hydrogen-bond donors (Lipinski definition) is 1. The van der Waals surface area contributed by atoms with E-state index < -0.39 is 0 Å². The van der Waals surface area contributed by atoms with Crippen LogP contribution in [0.15, 0.2) is 30.3 Å². The van der Waals surface area contributed by atoms with E-state index in [1.807, 2.05) is 31.2 Å². The molecule has 0 fully saturated rings. The second kappa shape index (κ2) is 4.67. The van der Waals surface area contributed by atoms with Crippen molar-refractivity contribution in [2.24, 2.45) is 0 Å². The summed E-state index contributed by atoms with van der Waals surface area (Å²) in [6, 6.07) is 7.77. The van der Waals surface area contributed by atoms with Crippen LogP contribution >= 0.6 is 0 Å². The first-order valence-corrected chi connectivity index (χ1v) is 4.20. The molecule has 0 unspecified atom stereocenters. The van der Waals surface area contributed by atoms with Crippen LogP contribution in [-0.4, -0.2) is 18.8 Å². The third-order valence-corrected chi connectivity index (χ3v) is 1.92. The Hall–Kier alpha value is -1.28. The van der Waals surface area contributed by atoms with Gasteiger partial charge in [-0.1, -0.05) is 18.2 Å². The lowest BCUT2D eigenvalue weighted by atomic mass is 10.1. The van der Waals surface area contributed by atoms with Crippen LogP contribution in [0.25, 0.3) is 5.57 Å². The predicted molar refractivity (Wildman–Crippen MR) is 53.7 cm³/mol.